The summed E-state index contributed by atoms with van der Waals surface area (Å²) < 4.78 is 26.1. The van der Waals surface area contributed by atoms with E-state index in [1.807, 2.05) is 0 Å². The van der Waals surface area contributed by atoms with Gasteiger partial charge in [-0.05, 0) is 23.6 Å². The molecule has 0 aliphatic heterocycles. The van der Waals surface area contributed by atoms with Gasteiger partial charge in [-0.1, -0.05) is 13.0 Å². The third-order valence-corrected chi connectivity index (χ3v) is 3.23. The van der Waals surface area contributed by atoms with Crippen molar-refractivity contribution in [2.45, 2.75) is 12.8 Å². The number of rotatable bonds is 5. The van der Waals surface area contributed by atoms with Crippen LogP contribution in [0.5, 0.6) is 0 Å². The van der Waals surface area contributed by atoms with Crippen molar-refractivity contribution in [1.82, 2.24) is 15.3 Å². The molecule has 0 bridgehead atoms. The molecule has 0 aliphatic rings. The van der Waals surface area contributed by atoms with E-state index in [0.717, 1.165) is 12.1 Å². The van der Waals surface area contributed by atoms with Crippen LogP contribution >= 0.6 is 0 Å². The van der Waals surface area contributed by atoms with Gasteiger partial charge < -0.3 is 11.1 Å². The molecule has 3 N–H and O–H groups in total. The van der Waals surface area contributed by atoms with E-state index in [2.05, 4.69) is 15.3 Å². The summed E-state index contributed by atoms with van der Waals surface area (Å²) in [6.45, 7) is 1.87. The highest BCUT2D eigenvalue weighted by atomic mass is 19.2. The smallest absolute Gasteiger partial charge is 0.272 e. The maximum atomic E-state index is 13.2. The number of halogens is 2. The maximum Gasteiger partial charge on any atom is 0.272 e. The zero-order valence-electron chi connectivity index (χ0n) is 12.2. The highest BCUT2D eigenvalue weighted by Crippen LogP contribution is 2.17. The minimum atomic E-state index is -0.953. The molecule has 1 aromatic heterocycles. The van der Waals surface area contributed by atoms with E-state index in [1.165, 1.54) is 18.5 Å². The zero-order chi connectivity index (χ0) is 17.0. The second-order valence-electron chi connectivity index (χ2n) is 4.90. The summed E-state index contributed by atoms with van der Waals surface area (Å²) in [7, 11) is 0. The van der Waals surface area contributed by atoms with E-state index in [0.29, 0.717) is 5.56 Å². The van der Waals surface area contributed by atoms with Gasteiger partial charge in [-0.2, -0.15) is 0 Å². The standard InChI is InChI=1S/C15H14F2N4O2/c1-8(9-2-3-10(16)11(17)6-9)7-21-15(23)13-12(14(18)22)19-4-5-20-13/h2-6,8H,7H2,1H3,(H2,18,22)(H,21,23). The molecule has 120 valence electrons. The van der Waals surface area contributed by atoms with E-state index in [-0.39, 0.29) is 23.9 Å². The third-order valence-electron chi connectivity index (χ3n) is 3.23. The van der Waals surface area contributed by atoms with Gasteiger partial charge in [0.15, 0.2) is 23.0 Å². The lowest BCUT2D eigenvalue weighted by molar-refractivity contribution is 0.0927. The number of carbonyl (C=O) groups excluding carboxylic acids is 2. The topological polar surface area (TPSA) is 98.0 Å². The van der Waals surface area contributed by atoms with Crippen LogP contribution in [0.2, 0.25) is 0 Å². The molecular formula is C15H14F2N4O2. The molecule has 1 aromatic carbocycles. The molecule has 8 heteroatoms. The van der Waals surface area contributed by atoms with Crippen LogP contribution in [-0.4, -0.2) is 28.3 Å². The summed E-state index contributed by atoms with van der Waals surface area (Å²) in [6.07, 6.45) is 2.51. The molecule has 1 atom stereocenters. The Balaban J connectivity index is 2.07. The van der Waals surface area contributed by atoms with Crippen LogP contribution in [0.1, 0.15) is 39.4 Å². The van der Waals surface area contributed by atoms with Crippen molar-refractivity contribution in [1.29, 1.82) is 0 Å². The SMILES string of the molecule is CC(CNC(=O)c1nccnc1C(N)=O)c1ccc(F)c(F)c1. The molecule has 0 saturated carbocycles. The minimum absolute atomic E-state index is 0.138. The number of nitrogens with zero attached hydrogens (tertiary/aromatic N) is 2. The molecule has 2 rings (SSSR count). The van der Waals surface area contributed by atoms with Gasteiger partial charge in [0.1, 0.15) is 0 Å². The first-order valence-corrected chi connectivity index (χ1v) is 6.74. The predicted molar refractivity (Wildman–Crippen MR) is 77.7 cm³/mol. The lowest BCUT2D eigenvalue weighted by Gasteiger charge is -2.13. The third kappa shape index (κ3) is 3.85. The van der Waals surface area contributed by atoms with Gasteiger partial charge in [0, 0.05) is 18.9 Å². The van der Waals surface area contributed by atoms with Gasteiger partial charge in [0.2, 0.25) is 0 Å². The number of hydrogen-bond acceptors (Lipinski definition) is 4. The van der Waals surface area contributed by atoms with Crippen molar-refractivity contribution in [3.8, 4) is 0 Å². The van der Waals surface area contributed by atoms with Gasteiger partial charge in [0.25, 0.3) is 11.8 Å². The normalized spacial score (nSPS) is 11.8. The Morgan fingerprint density at radius 3 is 2.43 bits per heavy atom. The van der Waals surface area contributed by atoms with Crippen LogP contribution in [0.25, 0.3) is 0 Å². The Kier molecular flexibility index (Phi) is 4.95. The van der Waals surface area contributed by atoms with Gasteiger partial charge in [-0.15, -0.1) is 0 Å². The molecule has 0 fully saturated rings. The van der Waals surface area contributed by atoms with Crippen molar-refractivity contribution in [2.75, 3.05) is 6.54 Å². The zero-order valence-corrected chi connectivity index (χ0v) is 12.2. The van der Waals surface area contributed by atoms with E-state index in [9.17, 15) is 18.4 Å². The van der Waals surface area contributed by atoms with E-state index in [4.69, 9.17) is 5.73 Å². The molecule has 6 nitrogen and oxygen atoms in total. The Bertz CT molecular complexity index is 752. The second kappa shape index (κ2) is 6.91. The Hall–Kier alpha value is -2.90. The first-order chi connectivity index (χ1) is 10.9. The van der Waals surface area contributed by atoms with Crippen LogP contribution in [-0.2, 0) is 0 Å². The van der Waals surface area contributed by atoms with Crippen LogP contribution in [0.4, 0.5) is 8.78 Å². The van der Waals surface area contributed by atoms with Gasteiger partial charge in [-0.3, -0.25) is 9.59 Å². The highest BCUT2D eigenvalue weighted by molar-refractivity contribution is 6.03. The summed E-state index contributed by atoms with van der Waals surface area (Å²) in [6, 6.07) is 3.53. The maximum absolute atomic E-state index is 13.2. The summed E-state index contributed by atoms with van der Waals surface area (Å²) in [4.78, 5) is 30.8. The van der Waals surface area contributed by atoms with Crippen molar-refractivity contribution in [3.05, 3.63) is 59.2 Å². The molecule has 23 heavy (non-hydrogen) atoms. The van der Waals surface area contributed by atoms with Crippen LogP contribution in [0.15, 0.2) is 30.6 Å². The fourth-order valence-corrected chi connectivity index (χ4v) is 1.95. The number of nitrogens with one attached hydrogen (secondary N) is 1. The summed E-state index contributed by atoms with van der Waals surface area (Å²) in [5.41, 5.74) is 5.24. The van der Waals surface area contributed by atoms with Crippen molar-refractivity contribution in [3.63, 3.8) is 0 Å². The largest absolute Gasteiger partial charge is 0.364 e. The van der Waals surface area contributed by atoms with E-state index < -0.39 is 23.4 Å². The predicted octanol–water partition coefficient (Wildman–Crippen LogP) is 1.39. The van der Waals surface area contributed by atoms with Crippen LogP contribution < -0.4 is 11.1 Å². The summed E-state index contributed by atoms with van der Waals surface area (Å²) in [5, 5.41) is 2.56. The van der Waals surface area contributed by atoms with Gasteiger partial charge in [0.05, 0.1) is 0 Å². The van der Waals surface area contributed by atoms with Gasteiger partial charge in [-0.25, -0.2) is 18.7 Å². The number of nitrogens with two attached hydrogens (primary N) is 1. The molecule has 0 radical (unpaired) electrons. The van der Waals surface area contributed by atoms with Crippen molar-refractivity contribution < 1.29 is 18.4 Å². The molecule has 1 heterocycles. The number of aromatic nitrogens is 2. The fraction of sp³-hybridized carbons (Fsp3) is 0.200. The molecule has 0 aliphatic carbocycles. The Labute approximate surface area is 130 Å². The lowest BCUT2D eigenvalue weighted by Crippen LogP contribution is -2.31. The highest BCUT2D eigenvalue weighted by Gasteiger charge is 2.18. The Morgan fingerprint density at radius 1 is 1.17 bits per heavy atom. The average Bonchev–Trinajstić information content (AvgIpc) is 2.54. The second-order valence-corrected chi connectivity index (χ2v) is 4.90. The minimum Gasteiger partial charge on any atom is -0.364 e. The van der Waals surface area contributed by atoms with Gasteiger partial charge >= 0.3 is 0 Å². The van der Waals surface area contributed by atoms with Crippen LogP contribution in [0, 0.1) is 11.6 Å². The fourth-order valence-electron chi connectivity index (χ4n) is 1.95. The molecule has 2 aromatic rings. The molecular weight excluding hydrogens is 306 g/mol. The van der Waals surface area contributed by atoms with Crippen molar-refractivity contribution >= 4 is 11.8 Å². The number of primary amides is 1. The summed E-state index contributed by atoms with van der Waals surface area (Å²) >= 11 is 0. The quantitative estimate of drug-likeness (QED) is 0.869. The number of amides is 2. The number of hydrogen-bond donors (Lipinski definition) is 2. The number of carbonyl (C=O) groups is 2. The molecule has 2 amide bonds. The summed E-state index contributed by atoms with van der Waals surface area (Å²) in [5.74, 6) is -3.65. The monoisotopic (exact) mass is 320 g/mol. The van der Waals surface area contributed by atoms with Crippen molar-refractivity contribution in [2.24, 2.45) is 5.73 Å². The molecule has 1 unspecified atom stereocenters. The van der Waals surface area contributed by atoms with E-state index >= 15 is 0 Å². The van der Waals surface area contributed by atoms with E-state index in [1.54, 1.807) is 6.92 Å². The lowest BCUT2D eigenvalue weighted by atomic mass is 10.0. The Morgan fingerprint density at radius 2 is 1.83 bits per heavy atom. The molecule has 0 spiro atoms. The number of benzene rings is 1. The average molecular weight is 320 g/mol. The molecule has 0 saturated heterocycles. The first kappa shape index (κ1) is 16.5. The van der Waals surface area contributed by atoms with Crippen LogP contribution in [0.3, 0.4) is 0 Å². The first-order valence-electron chi connectivity index (χ1n) is 6.74.